The Bertz CT molecular complexity index is 127. The average Bonchev–Trinajstić information content (AvgIpc) is 1.63. The molecule has 0 spiro atoms. The van der Waals surface area contributed by atoms with E-state index in [0.29, 0.717) is 6.42 Å². The zero-order valence-corrected chi connectivity index (χ0v) is 5.81. The lowest BCUT2D eigenvalue weighted by Crippen LogP contribution is -2.29. The number of hydrogen-bond donors (Lipinski definition) is 0. The van der Waals surface area contributed by atoms with E-state index in [1.807, 2.05) is 0 Å². The van der Waals surface area contributed by atoms with E-state index in [4.69, 9.17) is 0 Å². The Morgan fingerprint density at radius 3 is 2.33 bits per heavy atom. The number of hydrogen-bond acceptors (Lipinski definition) is 2. The van der Waals surface area contributed by atoms with Crippen LogP contribution in [0, 0.1) is 5.92 Å². The van der Waals surface area contributed by atoms with E-state index in [0.717, 1.165) is 5.57 Å². The topological polar surface area (TPSA) is 40.1 Å². The molecule has 0 aliphatic carbocycles. The number of carboxylic acid groups (broad SMARTS) is 1. The van der Waals surface area contributed by atoms with Gasteiger partial charge >= 0.3 is 0 Å². The molecule has 0 heterocycles. The molecular weight excluding hydrogens is 116 g/mol. The normalized spacial score (nSPS) is 12.7. The number of allylic oxidation sites excluding steroid dienone is 1. The van der Waals surface area contributed by atoms with Gasteiger partial charge in [0.1, 0.15) is 0 Å². The van der Waals surface area contributed by atoms with Gasteiger partial charge in [0.2, 0.25) is 0 Å². The van der Waals surface area contributed by atoms with Crippen LogP contribution in [0.3, 0.4) is 0 Å². The summed E-state index contributed by atoms with van der Waals surface area (Å²) in [7, 11) is 0. The van der Waals surface area contributed by atoms with Crippen LogP contribution in [0.25, 0.3) is 0 Å². The van der Waals surface area contributed by atoms with Crippen molar-refractivity contribution in [3.63, 3.8) is 0 Å². The molecule has 9 heavy (non-hydrogen) atoms. The SMILES string of the molecule is C=C(C)CC(C)C(=O)[O-]. The Balaban J connectivity index is 3.63. The van der Waals surface area contributed by atoms with Gasteiger partial charge in [-0.25, -0.2) is 0 Å². The molecule has 0 fully saturated rings. The molecule has 2 nitrogen and oxygen atoms in total. The highest BCUT2D eigenvalue weighted by Crippen LogP contribution is 2.06. The zero-order chi connectivity index (χ0) is 7.44. The first-order chi connectivity index (χ1) is 4.04. The Kier molecular flexibility index (Phi) is 2.99. The summed E-state index contributed by atoms with van der Waals surface area (Å²) in [5.74, 6) is -1.40. The Morgan fingerprint density at radius 2 is 2.22 bits per heavy atom. The van der Waals surface area contributed by atoms with Crippen molar-refractivity contribution in [3.05, 3.63) is 12.2 Å². The largest absolute Gasteiger partial charge is 0.550 e. The molecule has 52 valence electrons. The van der Waals surface area contributed by atoms with Gasteiger partial charge < -0.3 is 9.90 Å². The number of carbonyl (C=O) groups is 1. The lowest BCUT2D eigenvalue weighted by molar-refractivity contribution is -0.310. The third-order valence-electron chi connectivity index (χ3n) is 1.06. The fourth-order valence-corrected chi connectivity index (χ4v) is 0.606. The summed E-state index contributed by atoms with van der Waals surface area (Å²) in [4.78, 5) is 10.1. The van der Waals surface area contributed by atoms with Crippen LogP contribution in [0.5, 0.6) is 0 Å². The van der Waals surface area contributed by atoms with Crippen LogP contribution < -0.4 is 5.11 Å². The van der Waals surface area contributed by atoms with Gasteiger partial charge in [-0.3, -0.25) is 0 Å². The summed E-state index contributed by atoms with van der Waals surface area (Å²) in [5.41, 5.74) is 0.881. The molecule has 0 saturated heterocycles. The van der Waals surface area contributed by atoms with Crippen LogP contribution >= 0.6 is 0 Å². The number of carboxylic acids is 1. The van der Waals surface area contributed by atoms with Gasteiger partial charge in [-0.15, -0.1) is 6.58 Å². The first-order valence-electron chi connectivity index (χ1n) is 2.89. The van der Waals surface area contributed by atoms with Gasteiger partial charge in [0.25, 0.3) is 0 Å². The van der Waals surface area contributed by atoms with Crippen molar-refractivity contribution in [3.8, 4) is 0 Å². The Labute approximate surface area is 55.2 Å². The van der Waals surface area contributed by atoms with Gasteiger partial charge in [0, 0.05) is 5.97 Å². The molecule has 0 aromatic carbocycles. The summed E-state index contributed by atoms with van der Waals surface area (Å²) in [6.07, 6.45) is 0.516. The van der Waals surface area contributed by atoms with Crippen molar-refractivity contribution in [1.82, 2.24) is 0 Å². The monoisotopic (exact) mass is 127 g/mol. The highest BCUT2D eigenvalue weighted by Gasteiger charge is 2.00. The van der Waals surface area contributed by atoms with Crippen LogP contribution in [0.4, 0.5) is 0 Å². The Hall–Kier alpha value is -0.790. The minimum atomic E-state index is -1.00. The van der Waals surface area contributed by atoms with E-state index >= 15 is 0 Å². The van der Waals surface area contributed by atoms with Gasteiger partial charge in [-0.05, 0) is 19.3 Å². The maximum Gasteiger partial charge on any atom is 0.0445 e. The molecule has 0 radical (unpaired) electrons. The van der Waals surface area contributed by atoms with Crippen molar-refractivity contribution in [1.29, 1.82) is 0 Å². The van der Waals surface area contributed by atoms with E-state index in [-0.39, 0.29) is 0 Å². The molecule has 0 aromatic rings. The molecular formula is C7H11O2-. The summed E-state index contributed by atoms with van der Waals surface area (Å²) >= 11 is 0. The molecule has 0 aliphatic heterocycles. The maximum atomic E-state index is 10.1. The van der Waals surface area contributed by atoms with Crippen LogP contribution in [-0.4, -0.2) is 5.97 Å². The first-order valence-corrected chi connectivity index (χ1v) is 2.89. The van der Waals surface area contributed by atoms with Crippen molar-refractivity contribution in [2.75, 3.05) is 0 Å². The van der Waals surface area contributed by atoms with Crippen molar-refractivity contribution in [2.45, 2.75) is 20.3 Å². The maximum absolute atomic E-state index is 10.1. The molecule has 1 atom stereocenters. The first kappa shape index (κ1) is 8.21. The van der Waals surface area contributed by atoms with E-state index in [1.165, 1.54) is 0 Å². The second kappa shape index (κ2) is 3.28. The number of rotatable bonds is 3. The fourth-order valence-electron chi connectivity index (χ4n) is 0.606. The van der Waals surface area contributed by atoms with Crippen LogP contribution in [0.15, 0.2) is 12.2 Å². The van der Waals surface area contributed by atoms with Gasteiger partial charge in [-0.1, -0.05) is 12.5 Å². The molecule has 2 heteroatoms. The summed E-state index contributed by atoms with van der Waals surface area (Å²) in [6.45, 7) is 7.01. The van der Waals surface area contributed by atoms with Gasteiger partial charge in [0.05, 0.1) is 0 Å². The van der Waals surface area contributed by atoms with E-state index in [2.05, 4.69) is 6.58 Å². The highest BCUT2D eigenvalue weighted by atomic mass is 16.4. The molecule has 0 amide bonds. The van der Waals surface area contributed by atoms with Crippen molar-refractivity contribution >= 4 is 5.97 Å². The lowest BCUT2D eigenvalue weighted by Gasteiger charge is -2.10. The van der Waals surface area contributed by atoms with Gasteiger partial charge in [-0.2, -0.15) is 0 Å². The second-order valence-electron chi connectivity index (χ2n) is 2.38. The second-order valence-corrected chi connectivity index (χ2v) is 2.38. The minimum absolute atomic E-state index is 0.400. The smallest absolute Gasteiger partial charge is 0.0445 e. The standard InChI is InChI=1S/C7H12O2/c1-5(2)4-6(3)7(8)9/h6H,1,4H2,2-3H3,(H,8,9)/p-1. The molecule has 1 unspecified atom stereocenters. The predicted octanol–water partition coefficient (Wildman–Crippen LogP) is 0.339. The third kappa shape index (κ3) is 3.76. The van der Waals surface area contributed by atoms with Gasteiger partial charge in [0.15, 0.2) is 0 Å². The summed E-state index contributed by atoms with van der Waals surface area (Å²) in [6, 6.07) is 0. The van der Waals surface area contributed by atoms with Crippen molar-refractivity contribution < 1.29 is 9.90 Å². The zero-order valence-electron chi connectivity index (χ0n) is 5.81. The number of aliphatic carboxylic acids is 1. The third-order valence-corrected chi connectivity index (χ3v) is 1.06. The predicted molar refractivity (Wildman–Crippen MR) is 33.6 cm³/mol. The quantitative estimate of drug-likeness (QED) is 0.513. The molecule has 0 aliphatic rings. The highest BCUT2D eigenvalue weighted by molar-refractivity contribution is 5.67. The summed E-state index contributed by atoms with van der Waals surface area (Å²) in [5, 5.41) is 10.1. The summed E-state index contributed by atoms with van der Waals surface area (Å²) < 4.78 is 0. The molecule has 0 N–H and O–H groups in total. The fraction of sp³-hybridized carbons (Fsp3) is 0.571. The number of carbonyl (C=O) groups excluding carboxylic acids is 1. The Morgan fingerprint density at radius 1 is 1.78 bits per heavy atom. The molecule has 0 rings (SSSR count). The van der Waals surface area contributed by atoms with Crippen molar-refractivity contribution in [2.24, 2.45) is 5.92 Å². The van der Waals surface area contributed by atoms with E-state index in [1.54, 1.807) is 13.8 Å². The minimum Gasteiger partial charge on any atom is -0.550 e. The van der Waals surface area contributed by atoms with Crippen LogP contribution in [0.2, 0.25) is 0 Å². The average molecular weight is 127 g/mol. The van der Waals surface area contributed by atoms with Crippen LogP contribution in [0.1, 0.15) is 20.3 Å². The molecule has 0 saturated carbocycles. The van der Waals surface area contributed by atoms with E-state index < -0.39 is 11.9 Å². The molecule has 0 aromatic heterocycles. The molecule has 0 bridgehead atoms. The lowest BCUT2D eigenvalue weighted by atomic mass is 10.0. The van der Waals surface area contributed by atoms with Crippen LogP contribution in [-0.2, 0) is 4.79 Å². The van der Waals surface area contributed by atoms with E-state index in [9.17, 15) is 9.90 Å².